The number of aromatic nitrogens is 4. The van der Waals surface area contributed by atoms with Gasteiger partial charge in [-0.3, -0.25) is 9.36 Å². The molecule has 0 amide bonds. The van der Waals surface area contributed by atoms with Crippen LogP contribution in [0.25, 0.3) is 10.9 Å². The van der Waals surface area contributed by atoms with Crippen LogP contribution in [0.15, 0.2) is 33.4 Å². The Kier molecular flexibility index (Phi) is 3.78. The Morgan fingerprint density at radius 3 is 3.00 bits per heavy atom. The zero-order chi connectivity index (χ0) is 15.8. The quantitative estimate of drug-likeness (QED) is 0.717. The van der Waals surface area contributed by atoms with Crippen molar-refractivity contribution in [2.24, 2.45) is 7.05 Å². The van der Waals surface area contributed by atoms with Gasteiger partial charge in [-0.15, -0.1) is 10.2 Å². The average Bonchev–Trinajstić information content (AvgIpc) is 3.26. The zero-order valence-corrected chi connectivity index (χ0v) is 14.2. The smallest absolute Gasteiger partial charge is 0.261 e. The van der Waals surface area contributed by atoms with Crippen LogP contribution in [0.1, 0.15) is 18.7 Å². The van der Waals surface area contributed by atoms with Gasteiger partial charge in [-0.1, -0.05) is 35.2 Å². The highest BCUT2D eigenvalue weighted by Crippen LogP contribution is 2.31. The van der Waals surface area contributed by atoms with Crippen molar-refractivity contribution in [3.05, 3.63) is 40.4 Å². The number of benzene rings is 1. The molecule has 0 bridgehead atoms. The van der Waals surface area contributed by atoms with Crippen LogP contribution in [0.3, 0.4) is 0 Å². The molecule has 1 fully saturated rings. The van der Waals surface area contributed by atoms with Gasteiger partial charge in [-0.2, -0.15) is 0 Å². The number of anilines is 1. The fourth-order valence-corrected chi connectivity index (χ4v) is 4.06. The van der Waals surface area contributed by atoms with Crippen LogP contribution in [0.5, 0.6) is 0 Å². The van der Waals surface area contributed by atoms with E-state index in [-0.39, 0.29) is 5.56 Å². The number of fused-ring (bicyclic) bond motifs is 1. The third-order valence-corrected chi connectivity index (χ3v) is 5.70. The zero-order valence-electron chi connectivity index (χ0n) is 12.5. The Hall–Kier alpha value is -1.93. The molecule has 0 unspecified atom stereocenters. The van der Waals surface area contributed by atoms with Gasteiger partial charge in [-0.25, -0.2) is 4.98 Å². The Morgan fingerprint density at radius 2 is 2.17 bits per heavy atom. The van der Waals surface area contributed by atoms with Crippen LogP contribution in [0.4, 0.5) is 5.13 Å². The molecule has 0 saturated heterocycles. The van der Waals surface area contributed by atoms with Gasteiger partial charge >= 0.3 is 0 Å². The third-order valence-electron chi connectivity index (χ3n) is 3.71. The van der Waals surface area contributed by atoms with E-state index in [0.717, 1.165) is 20.8 Å². The number of para-hydroxylation sites is 1. The summed E-state index contributed by atoms with van der Waals surface area (Å²) in [6, 6.07) is 8.00. The van der Waals surface area contributed by atoms with Crippen LogP contribution in [0, 0.1) is 0 Å². The van der Waals surface area contributed by atoms with E-state index in [2.05, 4.69) is 20.5 Å². The fourth-order valence-electron chi connectivity index (χ4n) is 2.25. The van der Waals surface area contributed by atoms with Gasteiger partial charge in [0.15, 0.2) is 4.34 Å². The molecule has 1 aliphatic carbocycles. The van der Waals surface area contributed by atoms with E-state index < -0.39 is 0 Å². The van der Waals surface area contributed by atoms with E-state index in [1.165, 1.54) is 12.8 Å². The van der Waals surface area contributed by atoms with Crippen molar-refractivity contribution in [2.45, 2.75) is 29.0 Å². The maximum Gasteiger partial charge on any atom is 0.261 e. The van der Waals surface area contributed by atoms with E-state index in [9.17, 15) is 4.79 Å². The average molecular weight is 345 g/mol. The van der Waals surface area contributed by atoms with E-state index in [1.54, 1.807) is 34.7 Å². The monoisotopic (exact) mass is 345 g/mol. The molecule has 0 atom stereocenters. The molecule has 0 aliphatic heterocycles. The second-order valence-corrected chi connectivity index (χ2v) is 7.69. The summed E-state index contributed by atoms with van der Waals surface area (Å²) in [5, 5.41) is 13.2. The number of hydrogen-bond donors (Lipinski definition) is 1. The topological polar surface area (TPSA) is 72.7 Å². The first-order chi connectivity index (χ1) is 11.2. The molecule has 2 heterocycles. The minimum atomic E-state index is -0.0143. The molecule has 1 N–H and O–H groups in total. The highest BCUT2D eigenvalue weighted by molar-refractivity contribution is 8.00. The normalized spacial score (nSPS) is 14.3. The van der Waals surface area contributed by atoms with Crippen molar-refractivity contribution in [3.63, 3.8) is 0 Å². The van der Waals surface area contributed by atoms with Crippen LogP contribution >= 0.6 is 23.1 Å². The largest absolute Gasteiger partial charge is 0.357 e. The van der Waals surface area contributed by atoms with Gasteiger partial charge in [0.05, 0.1) is 16.7 Å². The fraction of sp³-hybridized carbons (Fsp3) is 0.333. The van der Waals surface area contributed by atoms with Gasteiger partial charge in [0, 0.05) is 13.1 Å². The summed E-state index contributed by atoms with van der Waals surface area (Å²) in [4.78, 5) is 17.0. The summed E-state index contributed by atoms with van der Waals surface area (Å²) >= 11 is 3.10. The van der Waals surface area contributed by atoms with E-state index >= 15 is 0 Å². The second kappa shape index (κ2) is 5.93. The molecular formula is C15H15N5OS2. The first-order valence-corrected chi connectivity index (χ1v) is 9.18. The second-order valence-electron chi connectivity index (χ2n) is 5.49. The molecule has 1 aliphatic rings. The Bertz CT molecular complexity index is 916. The van der Waals surface area contributed by atoms with E-state index in [4.69, 9.17) is 0 Å². The Morgan fingerprint density at radius 1 is 1.35 bits per heavy atom. The minimum absolute atomic E-state index is 0.0143. The summed E-state index contributed by atoms with van der Waals surface area (Å²) in [6.45, 7) is 0. The van der Waals surface area contributed by atoms with E-state index in [1.807, 2.05) is 24.3 Å². The lowest BCUT2D eigenvalue weighted by Crippen LogP contribution is -2.21. The van der Waals surface area contributed by atoms with Gasteiger partial charge in [0.1, 0.15) is 5.82 Å². The summed E-state index contributed by atoms with van der Waals surface area (Å²) in [7, 11) is 1.76. The number of nitrogens with zero attached hydrogens (tertiary/aromatic N) is 4. The van der Waals surface area contributed by atoms with Crippen molar-refractivity contribution >= 4 is 39.1 Å². The maximum atomic E-state index is 12.4. The molecule has 6 nitrogen and oxygen atoms in total. The highest BCUT2D eigenvalue weighted by Gasteiger charge is 2.22. The summed E-state index contributed by atoms with van der Waals surface area (Å²) in [5.41, 5.74) is 0.721. The lowest BCUT2D eigenvalue weighted by Gasteiger charge is -2.07. The van der Waals surface area contributed by atoms with Crippen LogP contribution in [-0.4, -0.2) is 25.8 Å². The Labute approximate surface area is 141 Å². The first kappa shape index (κ1) is 14.6. The predicted molar refractivity (Wildman–Crippen MR) is 93.1 cm³/mol. The van der Waals surface area contributed by atoms with Gasteiger partial charge in [0.2, 0.25) is 5.13 Å². The van der Waals surface area contributed by atoms with Gasteiger partial charge < -0.3 is 5.32 Å². The van der Waals surface area contributed by atoms with E-state index in [0.29, 0.717) is 17.2 Å². The molecule has 23 heavy (non-hydrogen) atoms. The molecule has 1 aromatic carbocycles. The third kappa shape index (κ3) is 3.09. The summed E-state index contributed by atoms with van der Waals surface area (Å²) in [6.07, 6.45) is 2.43. The standard InChI is InChI=1S/C15H15N5OS2/c1-20-12(17-11-5-3-2-4-10(11)13(20)21)8-22-15-19-18-14(23-15)16-9-6-7-9/h2-5,9H,6-8H2,1H3,(H,16,18). The number of thioether (sulfide) groups is 1. The molecule has 1 saturated carbocycles. The lowest BCUT2D eigenvalue weighted by molar-refractivity contribution is 0.785. The van der Waals surface area contributed by atoms with Crippen molar-refractivity contribution in [1.29, 1.82) is 0 Å². The van der Waals surface area contributed by atoms with Crippen molar-refractivity contribution in [3.8, 4) is 0 Å². The molecule has 118 valence electrons. The maximum absolute atomic E-state index is 12.4. The van der Waals surface area contributed by atoms with Crippen molar-refractivity contribution in [2.75, 3.05) is 5.32 Å². The van der Waals surface area contributed by atoms with Crippen LogP contribution in [0.2, 0.25) is 0 Å². The number of hydrogen-bond acceptors (Lipinski definition) is 7. The highest BCUT2D eigenvalue weighted by atomic mass is 32.2. The van der Waals surface area contributed by atoms with Crippen molar-refractivity contribution < 1.29 is 0 Å². The van der Waals surface area contributed by atoms with Gasteiger partial charge in [0.25, 0.3) is 5.56 Å². The molecular weight excluding hydrogens is 330 g/mol. The Balaban J connectivity index is 1.54. The molecule has 0 radical (unpaired) electrons. The lowest BCUT2D eigenvalue weighted by atomic mass is 10.2. The van der Waals surface area contributed by atoms with Crippen molar-refractivity contribution in [1.82, 2.24) is 19.7 Å². The number of nitrogens with one attached hydrogen (secondary N) is 1. The van der Waals surface area contributed by atoms with Gasteiger partial charge in [-0.05, 0) is 25.0 Å². The first-order valence-electron chi connectivity index (χ1n) is 7.38. The predicted octanol–water partition coefficient (Wildman–Crippen LogP) is 2.65. The number of rotatable bonds is 5. The summed E-state index contributed by atoms with van der Waals surface area (Å²) < 4.78 is 2.50. The SMILES string of the molecule is Cn1c(CSc2nnc(NC3CC3)s2)nc2ccccc2c1=O. The molecule has 3 aromatic rings. The molecule has 2 aromatic heterocycles. The molecule has 4 rings (SSSR count). The molecule has 8 heteroatoms. The molecule has 0 spiro atoms. The van der Waals surface area contributed by atoms with Crippen LogP contribution in [-0.2, 0) is 12.8 Å². The van der Waals surface area contributed by atoms with Crippen LogP contribution < -0.4 is 10.9 Å². The summed E-state index contributed by atoms with van der Waals surface area (Å²) in [5.74, 6) is 1.33. The minimum Gasteiger partial charge on any atom is -0.357 e.